The maximum atomic E-state index is 11.9. The highest BCUT2D eigenvalue weighted by Gasteiger charge is 2.24. The number of pyridine rings is 1. The molecule has 140 valence electrons. The van der Waals surface area contributed by atoms with E-state index in [9.17, 15) is 4.79 Å². The minimum Gasteiger partial charge on any atom is -0.488 e. The van der Waals surface area contributed by atoms with Crippen molar-refractivity contribution in [1.29, 1.82) is 0 Å². The van der Waals surface area contributed by atoms with Crippen molar-refractivity contribution >= 4 is 28.4 Å². The van der Waals surface area contributed by atoms with Crippen LogP contribution in [0.3, 0.4) is 0 Å². The second-order valence-corrected chi connectivity index (χ2v) is 5.87. The van der Waals surface area contributed by atoms with Gasteiger partial charge in [-0.05, 0) is 31.1 Å². The van der Waals surface area contributed by atoms with Crippen LogP contribution in [0.2, 0.25) is 0 Å². The Bertz CT molecular complexity index is 985. The molecule has 1 aliphatic rings. The number of ether oxygens (including phenoxy) is 3. The Hall–Kier alpha value is -3.29. The largest absolute Gasteiger partial charge is 0.488 e. The average Bonchev–Trinajstić information content (AvgIpc) is 3.09. The molecule has 27 heavy (non-hydrogen) atoms. The second kappa shape index (κ2) is 7.14. The lowest BCUT2D eigenvalue weighted by atomic mass is 10.2. The Morgan fingerprint density at radius 2 is 2.15 bits per heavy atom. The van der Waals surface area contributed by atoms with E-state index >= 15 is 0 Å². The number of carbonyl (C=O) groups is 1. The Morgan fingerprint density at radius 3 is 2.96 bits per heavy atom. The van der Waals surface area contributed by atoms with E-state index in [-0.39, 0.29) is 0 Å². The van der Waals surface area contributed by atoms with Crippen LogP contribution in [0, 0.1) is 0 Å². The molecule has 0 fully saturated rings. The summed E-state index contributed by atoms with van der Waals surface area (Å²) in [6.45, 7) is 5.58. The maximum Gasteiger partial charge on any atom is 0.339 e. The van der Waals surface area contributed by atoms with Crippen molar-refractivity contribution in [2.45, 2.75) is 13.8 Å². The normalized spacial score (nSPS) is 13.2. The number of benzene rings is 1. The summed E-state index contributed by atoms with van der Waals surface area (Å²) >= 11 is 0. The summed E-state index contributed by atoms with van der Waals surface area (Å²) in [5, 5.41) is 4.78. The van der Waals surface area contributed by atoms with Crippen LogP contribution in [0.1, 0.15) is 24.2 Å². The molecule has 1 aliphatic heterocycles. The van der Waals surface area contributed by atoms with E-state index in [1.807, 2.05) is 30.0 Å². The highest BCUT2D eigenvalue weighted by molar-refractivity contribution is 5.91. The standard InChI is InChI=1S/C19H19N3O5/c1-3-24-18-14-6-5-13(10-15(14)27-21-18)22-7-8-26-16-9-12(11-20-17(16)22)19(23)25-4-2/h5-6,9-11H,3-4,7-8H2,1-2H3. The van der Waals surface area contributed by atoms with Gasteiger partial charge < -0.3 is 23.6 Å². The Morgan fingerprint density at radius 1 is 1.26 bits per heavy atom. The van der Waals surface area contributed by atoms with Gasteiger partial charge in [0.25, 0.3) is 5.88 Å². The van der Waals surface area contributed by atoms with Crippen molar-refractivity contribution in [2.24, 2.45) is 0 Å². The van der Waals surface area contributed by atoms with Crippen molar-refractivity contribution in [1.82, 2.24) is 10.1 Å². The Balaban J connectivity index is 1.68. The van der Waals surface area contributed by atoms with Gasteiger partial charge in [0.1, 0.15) is 6.61 Å². The lowest BCUT2D eigenvalue weighted by molar-refractivity contribution is 0.0525. The molecule has 2 aromatic heterocycles. The summed E-state index contributed by atoms with van der Waals surface area (Å²) in [4.78, 5) is 18.4. The third-order valence-electron chi connectivity index (χ3n) is 4.19. The molecule has 1 aromatic carbocycles. The molecule has 0 radical (unpaired) electrons. The van der Waals surface area contributed by atoms with Gasteiger partial charge in [0.05, 0.1) is 30.7 Å². The molecule has 8 heteroatoms. The molecule has 0 aliphatic carbocycles. The van der Waals surface area contributed by atoms with Gasteiger partial charge in [0.2, 0.25) is 0 Å². The van der Waals surface area contributed by atoms with Gasteiger partial charge in [-0.2, -0.15) is 0 Å². The number of hydrogen-bond donors (Lipinski definition) is 0. The van der Waals surface area contributed by atoms with Gasteiger partial charge in [0.15, 0.2) is 17.2 Å². The number of aromatic nitrogens is 2. The second-order valence-electron chi connectivity index (χ2n) is 5.87. The van der Waals surface area contributed by atoms with Crippen LogP contribution in [-0.4, -0.2) is 42.5 Å². The molecular formula is C19H19N3O5. The van der Waals surface area contributed by atoms with E-state index in [0.717, 1.165) is 11.1 Å². The first-order valence-corrected chi connectivity index (χ1v) is 8.81. The molecule has 0 amide bonds. The summed E-state index contributed by atoms with van der Waals surface area (Å²) < 4.78 is 21.6. The Kier molecular flexibility index (Phi) is 4.53. The van der Waals surface area contributed by atoms with Crippen LogP contribution >= 0.6 is 0 Å². The van der Waals surface area contributed by atoms with Crippen LogP contribution in [0.25, 0.3) is 11.0 Å². The number of anilines is 2. The molecule has 0 spiro atoms. The first-order chi connectivity index (χ1) is 13.2. The van der Waals surface area contributed by atoms with E-state index in [1.165, 1.54) is 6.20 Å². The van der Waals surface area contributed by atoms with Crippen molar-refractivity contribution in [3.8, 4) is 11.6 Å². The quantitative estimate of drug-likeness (QED) is 0.633. The van der Waals surface area contributed by atoms with Gasteiger partial charge in [-0.15, -0.1) is 0 Å². The highest BCUT2D eigenvalue weighted by Crippen LogP contribution is 2.37. The molecule has 0 saturated heterocycles. The van der Waals surface area contributed by atoms with Crippen molar-refractivity contribution in [3.05, 3.63) is 36.0 Å². The van der Waals surface area contributed by atoms with Crippen molar-refractivity contribution in [2.75, 3.05) is 31.3 Å². The van der Waals surface area contributed by atoms with Gasteiger partial charge in [-0.1, -0.05) is 0 Å². The van der Waals surface area contributed by atoms with E-state index in [1.54, 1.807) is 13.0 Å². The SMILES string of the molecule is CCOC(=O)c1cnc2c(c1)OCCN2c1ccc2c(OCC)noc2c1. The number of fused-ring (bicyclic) bond motifs is 2. The third kappa shape index (κ3) is 3.14. The molecule has 0 saturated carbocycles. The van der Waals surface area contributed by atoms with E-state index in [4.69, 9.17) is 18.7 Å². The summed E-state index contributed by atoms with van der Waals surface area (Å²) in [5.74, 6) is 1.25. The smallest absolute Gasteiger partial charge is 0.339 e. The number of nitrogens with zero attached hydrogens (tertiary/aromatic N) is 3. The molecule has 0 N–H and O–H groups in total. The van der Waals surface area contributed by atoms with Crippen molar-refractivity contribution < 1.29 is 23.5 Å². The molecule has 3 aromatic rings. The zero-order chi connectivity index (χ0) is 18.8. The monoisotopic (exact) mass is 369 g/mol. The summed E-state index contributed by atoms with van der Waals surface area (Å²) in [7, 11) is 0. The fourth-order valence-electron chi connectivity index (χ4n) is 2.99. The summed E-state index contributed by atoms with van der Waals surface area (Å²) in [6, 6.07) is 7.42. The molecule has 4 rings (SSSR count). The van der Waals surface area contributed by atoms with Crippen LogP contribution in [-0.2, 0) is 4.74 Å². The third-order valence-corrected chi connectivity index (χ3v) is 4.19. The molecule has 3 heterocycles. The lowest BCUT2D eigenvalue weighted by Crippen LogP contribution is -2.29. The summed E-state index contributed by atoms with van der Waals surface area (Å²) in [5.41, 5.74) is 1.89. The predicted molar refractivity (Wildman–Crippen MR) is 97.9 cm³/mol. The minimum atomic E-state index is -0.417. The maximum absolute atomic E-state index is 11.9. The highest BCUT2D eigenvalue weighted by atomic mass is 16.5. The van der Waals surface area contributed by atoms with Gasteiger partial charge in [-0.25, -0.2) is 9.78 Å². The molecule has 0 unspecified atom stereocenters. The van der Waals surface area contributed by atoms with E-state index in [2.05, 4.69) is 10.1 Å². The first-order valence-electron chi connectivity index (χ1n) is 8.81. The Labute approximate surface area is 155 Å². The van der Waals surface area contributed by atoms with E-state index in [0.29, 0.717) is 55.0 Å². The fourth-order valence-corrected chi connectivity index (χ4v) is 2.99. The molecule has 8 nitrogen and oxygen atoms in total. The molecule has 0 bridgehead atoms. The zero-order valence-electron chi connectivity index (χ0n) is 15.1. The topological polar surface area (TPSA) is 86.9 Å². The van der Waals surface area contributed by atoms with Crippen LogP contribution in [0.4, 0.5) is 11.5 Å². The van der Waals surface area contributed by atoms with Crippen LogP contribution in [0.5, 0.6) is 11.6 Å². The zero-order valence-corrected chi connectivity index (χ0v) is 15.1. The van der Waals surface area contributed by atoms with Gasteiger partial charge in [0, 0.05) is 24.0 Å². The van der Waals surface area contributed by atoms with E-state index < -0.39 is 5.97 Å². The lowest BCUT2D eigenvalue weighted by Gasteiger charge is -2.30. The van der Waals surface area contributed by atoms with Crippen LogP contribution in [0.15, 0.2) is 35.0 Å². The van der Waals surface area contributed by atoms with Gasteiger partial charge >= 0.3 is 5.97 Å². The van der Waals surface area contributed by atoms with Gasteiger partial charge in [-0.3, -0.25) is 0 Å². The molecular weight excluding hydrogens is 350 g/mol. The number of rotatable bonds is 5. The minimum absolute atomic E-state index is 0.309. The number of esters is 1. The first kappa shape index (κ1) is 17.1. The van der Waals surface area contributed by atoms with Crippen LogP contribution < -0.4 is 14.4 Å². The molecule has 0 atom stereocenters. The fraction of sp³-hybridized carbons (Fsp3) is 0.316. The average molecular weight is 369 g/mol. The summed E-state index contributed by atoms with van der Waals surface area (Å²) in [6.07, 6.45) is 1.50. The van der Waals surface area contributed by atoms with Crippen molar-refractivity contribution in [3.63, 3.8) is 0 Å². The number of carbonyl (C=O) groups excluding carboxylic acids is 1. The number of hydrogen-bond acceptors (Lipinski definition) is 8. The predicted octanol–water partition coefficient (Wildman–Crippen LogP) is 3.33.